The number of rotatable bonds is 7. The van der Waals surface area contributed by atoms with Crippen LogP contribution >= 0.6 is 70.6 Å². The molecule has 5 aromatic rings. The summed E-state index contributed by atoms with van der Waals surface area (Å²) in [6, 6.07) is 34.0. The Morgan fingerprint density at radius 3 is 1.29 bits per heavy atom. The van der Waals surface area contributed by atoms with Gasteiger partial charge in [0, 0.05) is 50.7 Å². The van der Waals surface area contributed by atoms with Gasteiger partial charge in [0.15, 0.2) is 0 Å². The first-order chi connectivity index (χ1) is 23.1. The Hall–Kier alpha value is -3.84. The third-order valence-corrected chi connectivity index (χ3v) is 13.0. The van der Waals surface area contributed by atoms with Gasteiger partial charge in [-0.3, -0.25) is 19.4 Å². The molecule has 7 rings (SSSR count). The number of amides is 2. The van der Waals surface area contributed by atoms with Crippen LogP contribution in [0.2, 0.25) is 0 Å². The molecule has 48 heavy (non-hydrogen) atoms. The molecule has 0 aliphatic carbocycles. The Balaban J connectivity index is 1.14. The van der Waals surface area contributed by atoms with E-state index in [0.29, 0.717) is 18.5 Å². The molecule has 11 heteroatoms. The molecule has 0 bridgehead atoms. The number of nitrogens with zero attached hydrogens (tertiary/aromatic N) is 3. The second-order valence-electron chi connectivity index (χ2n) is 11.2. The number of carbonyl (C=O) groups excluding carboxylic acids is 2. The molecule has 0 radical (unpaired) electrons. The number of thiophene rings is 2. The molecule has 0 spiro atoms. The van der Waals surface area contributed by atoms with E-state index in [1.54, 1.807) is 36.8 Å². The normalized spacial score (nSPS) is 16.6. The van der Waals surface area contributed by atoms with E-state index in [2.05, 4.69) is 96.8 Å². The average molecular weight is 738 g/mol. The van der Waals surface area contributed by atoms with Crippen molar-refractivity contribution in [1.82, 2.24) is 9.80 Å². The molecule has 2 aromatic heterocycles. The summed E-state index contributed by atoms with van der Waals surface area (Å²) in [6.07, 6.45) is 3.85. The number of hydrogen-bond donors (Lipinski definition) is 0. The molecule has 4 heterocycles. The van der Waals surface area contributed by atoms with Gasteiger partial charge in [0.1, 0.15) is 8.64 Å². The highest BCUT2D eigenvalue weighted by atomic mass is 32.2. The zero-order valence-corrected chi connectivity index (χ0v) is 30.9. The van der Waals surface area contributed by atoms with Crippen molar-refractivity contribution in [1.29, 1.82) is 0 Å². The molecular weight excluding hydrogens is 711 g/mol. The summed E-state index contributed by atoms with van der Waals surface area (Å²) in [7, 11) is 3.42. The van der Waals surface area contributed by atoms with E-state index in [-0.39, 0.29) is 11.8 Å². The molecule has 238 valence electrons. The highest BCUT2D eigenvalue weighted by molar-refractivity contribution is 8.27. The number of aryl methyl sites for hydroxylation is 1. The van der Waals surface area contributed by atoms with E-state index >= 15 is 0 Å². The van der Waals surface area contributed by atoms with E-state index in [1.807, 2.05) is 24.3 Å². The molecule has 2 fully saturated rings. The molecule has 0 atom stereocenters. The second kappa shape index (κ2) is 13.6. The summed E-state index contributed by atoms with van der Waals surface area (Å²) in [5, 5.41) is 0. The average Bonchev–Trinajstić information content (AvgIpc) is 3.87. The molecule has 3 aromatic carbocycles. The van der Waals surface area contributed by atoms with Crippen molar-refractivity contribution in [3.63, 3.8) is 0 Å². The quantitative estimate of drug-likeness (QED) is 0.122. The molecule has 0 saturated carbocycles. The summed E-state index contributed by atoms with van der Waals surface area (Å²) in [5.41, 5.74) is 6.59. The van der Waals surface area contributed by atoms with E-state index in [9.17, 15) is 9.59 Å². The lowest BCUT2D eigenvalue weighted by molar-refractivity contribution is -0.122. The monoisotopic (exact) mass is 737 g/mol. The van der Waals surface area contributed by atoms with Gasteiger partial charge >= 0.3 is 0 Å². The minimum atomic E-state index is -0.0544. The molecule has 2 aliphatic rings. The van der Waals surface area contributed by atoms with Crippen molar-refractivity contribution in [3.05, 3.63) is 122 Å². The first kappa shape index (κ1) is 32.7. The van der Waals surface area contributed by atoms with Gasteiger partial charge in [0.25, 0.3) is 11.8 Å². The number of likely N-dealkylation sites (N-methyl/N-ethyl adjacent to an activating group) is 2. The largest absolute Gasteiger partial charge is 0.311 e. The van der Waals surface area contributed by atoms with Crippen molar-refractivity contribution in [2.45, 2.75) is 6.92 Å². The minimum absolute atomic E-state index is 0.0544. The van der Waals surface area contributed by atoms with Crippen molar-refractivity contribution in [3.8, 4) is 20.9 Å². The summed E-state index contributed by atoms with van der Waals surface area (Å²) in [4.78, 5) is 35.8. The fourth-order valence-corrected chi connectivity index (χ4v) is 9.61. The molecular formula is C37H27N3O2S6. The number of benzene rings is 3. The molecule has 0 N–H and O–H groups in total. The topological polar surface area (TPSA) is 43.9 Å². The second-order valence-corrected chi connectivity index (χ2v) is 16.7. The Labute approximate surface area is 306 Å². The standard InChI is InChI=1S/C37H27N3O2S6/c1-22-4-10-25(11-5-22)40(26-12-6-23(7-13-26)30-18-16-28(45-30)20-32-34(41)38(2)36(43)47-32)27-14-8-24(9-15-27)31-19-17-29(46-31)21-33-35(42)39(3)37(44)48-33/h4-21H,1-3H3/b32-20-,33-21+. The van der Waals surface area contributed by atoms with Crippen molar-refractivity contribution in [2.75, 3.05) is 19.0 Å². The zero-order valence-electron chi connectivity index (χ0n) is 26.0. The van der Waals surface area contributed by atoms with Crippen LogP contribution in [0.4, 0.5) is 17.1 Å². The summed E-state index contributed by atoms with van der Waals surface area (Å²) in [6.45, 7) is 2.09. The molecule has 0 unspecified atom stereocenters. The smallest absolute Gasteiger partial charge is 0.265 e. The fraction of sp³-hybridized carbons (Fsp3) is 0.0811. The Kier molecular flexibility index (Phi) is 9.25. The molecule has 2 amide bonds. The predicted molar refractivity (Wildman–Crippen MR) is 214 cm³/mol. The number of carbonyl (C=O) groups is 2. The number of anilines is 3. The summed E-state index contributed by atoms with van der Waals surface area (Å²) >= 11 is 16.5. The van der Waals surface area contributed by atoms with E-state index in [4.69, 9.17) is 24.4 Å². The number of hydrogen-bond acceptors (Lipinski definition) is 9. The van der Waals surface area contributed by atoms with Gasteiger partial charge in [0.2, 0.25) is 0 Å². The van der Waals surface area contributed by atoms with Crippen LogP contribution in [0.25, 0.3) is 33.0 Å². The van der Waals surface area contributed by atoms with Crippen LogP contribution in [0.5, 0.6) is 0 Å². The van der Waals surface area contributed by atoms with E-state index in [1.165, 1.54) is 38.9 Å². The van der Waals surface area contributed by atoms with Gasteiger partial charge < -0.3 is 4.90 Å². The highest BCUT2D eigenvalue weighted by Crippen LogP contribution is 2.40. The minimum Gasteiger partial charge on any atom is -0.311 e. The maximum atomic E-state index is 12.5. The Morgan fingerprint density at radius 1 is 0.562 bits per heavy atom. The van der Waals surface area contributed by atoms with Gasteiger partial charge in [-0.2, -0.15) is 0 Å². The maximum Gasteiger partial charge on any atom is 0.265 e. The highest BCUT2D eigenvalue weighted by Gasteiger charge is 2.29. The lowest BCUT2D eigenvalue weighted by Gasteiger charge is -2.26. The lowest BCUT2D eigenvalue weighted by atomic mass is 10.1. The van der Waals surface area contributed by atoms with Crippen molar-refractivity contribution < 1.29 is 9.59 Å². The van der Waals surface area contributed by atoms with E-state index in [0.717, 1.165) is 47.7 Å². The van der Waals surface area contributed by atoms with Gasteiger partial charge in [-0.05, 0) is 90.9 Å². The third-order valence-electron chi connectivity index (χ3n) is 7.89. The Morgan fingerprint density at radius 2 is 0.938 bits per heavy atom. The van der Waals surface area contributed by atoms with Crippen LogP contribution in [0.3, 0.4) is 0 Å². The Bertz CT molecular complexity index is 2010. The van der Waals surface area contributed by atoms with Gasteiger partial charge in [-0.1, -0.05) is 89.9 Å². The summed E-state index contributed by atoms with van der Waals surface area (Å²) in [5.74, 6) is -0.109. The number of thioether (sulfide) groups is 2. The summed E-state index contributed by atoms with van der Waals surface area (Å²) < 4.78 is 1.16. The van der Waals surface area contributed by atoms with E-state index < -0.39 is 0 Å². The first-order valence-corrected chi connectivity index (χ1v) is 18.9. The molecule has 2 saturated heterocycles. The van der Waals surface area contributed by atoms with Crippen molar-refractivity contribution in [2.24, 2.45) is 0 Å². The maximum absolute atomic E-state index is 12.5. The van der Waals surface area contributed by atoms with Crippen LogP contribution in [-0.4, -0.2) is 44.4 Å². The molecule has 5 nitrogen and oxygen atoms in total. The third kappa shape index (κ3) is 6.58. The SMILES string of the molecule is Cc1ccc(N(c2ccc(-c3ccc(/C=C4\SC(=S)N(C)C4=O)s3)cc2)c2ccc(-c3ccc(/C=C4/SC(=S)N(C)C4=O)s3)cc2)cc1. The van der Waals surface area contributed by atoms with Gasteiger partial charge in [-0.15, -0.1) is 22.7 Å². The predicted octanol–water partition coefficient (Wildman–Crippen LogP) is 10.6. The van der Waals surface area contributed by atoms with Crippen molar-refractivity contribution >= 4 is 120 Å². The van der Waals surface area contributed by atoms with Crippen LogP contribution in [0, 0.1) is 6.92 Å². The van der Waals surface area contributed by atoms with Gasteiger partial charge in [0.05, 0.1) is 9.81 Å². The first-order valence-electron chi connectivity index (χ1n) is 14.8. The molecule has 2 aliphatic heterocycles. The van der Waals surface area contributed by atoms with Crippen LogP contribution < -0.4 is 4.90 Å². The zero-order chi connectivity index (χ0) is 33.5. The fourth-order valence-electron chi connectivity index (χ4n) is 5.21. The van der Waals surface area contributed by atoms with Crippen LogP contribution in [0.1, 0.15) is 15.3 Å². The van der Waals surface area contributed by atoms with Gasteiger partial charge in [-0.25, -0.2) is 0 Å². The number of thiocarbonyl (C=S) groups is 2. The van der Waals surface area contributed by atoms with Crippen LogP contribution in [0.15, 0.2) is 107 Å². The van der Waals surface area contributed by atoms with Crippen LogP contribution in [-0.2, 0) is 9.59 Å². The lowest BCUT2D eigenvalue weighted by Crippen LogP contribution is -2.22.